The number of methoxy groups -OCH3 is 1. The topological polar surface area (TPSA) is 26.3 Å². The van der Waals surface area contributed by atoms with Gasteiger partial charge in [-0.2, -0.15) is 0 Å². The van der Waals surface area contributed by atoms with Crippen LogP contribution in [0, 0.1) is 0 Å². The van der Waals surface area contributed by atoms with Crippen LogP contribution in [0.15, 0.2) is 24.3 Å². The molecule has 0 radical (unpaired) electrons. The Bertz CT molecular complexity index is 340. The van der Waals surface area contributed by atoms with Crippen LogP contribution in [-0.4, -0.2) is 19.0 Å². The highest BCUT2D eigenvalue weighted by atomic mass is 16.5. The molecule has 2 heteroatoms. The second kappa shape index (κ2) is 7.23. The lowest BCUT2D eigenvalue weighted by molar-refractivity contribution is -0.119. The molecule has 0 aliphatic rings. The maximum atomic E-state index is 11.7. The Labute approximate surface area is 104 Å². The molecule has 0 saturated carbocycles. The summed E-state index contributed by atoms with van der Waals surface area (Å²) in [5.74, 6) is 0.290. The predicted molar refractivity (Wildman–Crippen MR) is 70.2 cm³/mol. The van der Waals surface area contributed by atoms with E-state index in [-0.39, 0.29) is 11.9 Å². The Morgan fingerprint density at radius 1 is 1.24 bits per heavy atom. The molecular formula is C15H22O2. The van der Waals surface area contributed by atoms with Crippen molar-refractivity contribution in [2.45, 2.75) is 45.6 Å². The van der Waals surface area contributed by atoms with Gasteiger partial charge in [0.1, 0.15) is 5.78 Å². The molecule has 0 spiro atoms. The van der Waals surface area contributed by atoms with Crippen molar-refractivity contribution in [2.24, 2.45) is 0 Å². The summed E-state index contributed by atoms with van der Waals surface area (Å²) in [5.41, 5.74) is 2.42. The first kappa shape index (κ1) is 13.9. The van der Waals surface area contributed by atoms with E-state index in [1.807, 2.05) is 6.92 Å². The highest BCUT2D eigenvalue weighted by Gasteiger charge is 2.07. The average molecular weight is 234 g/mol. The standard InChI is InChI=1S/C15H22O2/c1-4-13-6-8-14(9-7-13)11-15(16)10-5-12(2)17-3/h6-9,12H,4-5,10-11H2,1-3H3. The van der Waals surface area contributed by atoms with Crippen LogP contribution in [0.4, 0.5) is 0 Å². The molecule has 2 nitrogen and oxygen atoms in total. The number of carbonyl (C=O) groups is 1. The lowest BCUT2D eigenvalue weighted by Gasteiger charge is -2.08. The Kier molecular flexibility index (Phi) is 5.92. The van der Waals surface area contributed by atoms with E-state index in [4.69, 9.17) is 4.74 Å². The number of aryl methyl sites for hydroxylation is 1. The Balaban J connectivity index is 2.39. The largest absolute Gasteiger partial charge is 0.382 e. The van der Waals surface area contributed by atoms with Crippen LogP contribution in [0.5, 0.6) is 0 Å². The highest BCUT2D eigenvalue weighted by Crippen LogP contribution is 2.09. The quantitative estimate of drug-likeness (QED) is 0.724. The minimum absolute atomic E-state index is 0.168. The molecule has 0 aliphatic carbocycles. The number of carbonyl (C=O) groups excluding carboxylic acids is 1. The number of Topliss-reactive ketones (excluding diaryl/α,β-unsaturated/α-hetero) is 1. The van der Waals surface area contributed by atoms with E-state index >= 15 is 0 Å². The van der Waals surface area contributed by atoms with Crippen LogP contribution in [0.3, 0.4) is 0 Å². The van der Waals surface area contributed by atoms with Gasteiger partial charge in [0.05, 0.1) is 6.10 Å². The molecule has 1 aromatic rings. The van der Waals surface area contributed by atoms with Crippen molar-refractivity contribution in [1.29, 1.82) is 0 Å². The van der Waals surface area contributed by atoms with Gasteiger partial charge < -0.3 is 4.74 Å². The molecule has 0 fully saturated rings. The van der Waals surface area contributed by atoms with Crippen LogP contribution >= 0.6 is 0 Å². The third-order valence-electron chi connectivity index (χ3n) is 3.06. The van der Waals surface area contributed by atoms with Gasteiger partial charge in [-0.15, -0.1) is 0 Å². The molecule has 17 heavy (non-hydrogen) atoms. The Morgan fingerprint density at radius 3 is 2.35 bits per heavy atom. The average Bonchev–Trinajstić information content (AvgIpc) is 2.36. The summed E-state index contributed by atoms with van der Waals surface area (Å²) in [6, 6.07) is 8.30. The van der Waals surface area contributed by atoms with Crippen molar-refractivity contribution in [3.63, 3.8) is 0 Å². The normalized spacial score (nSPS) is 12.4. The van der Waals surface area contributed by atoms with Crippen molar-refractivity contribution in [2.75, 3.05) is 7.11 Å². The van der Waals surface area contributed by atoms with Gasteiger partial charge in [-0.25, -0.2) is 0 Å². The molecule has 0 N–H and O–H groups in total. The second-order valence-corrected chi connectivity index (χ2v) is 4.47. The van der Waals surface area contributed by atoms with E-state index in [1.165, 1.54) is 5.56 Å². The maximum Gasteiger partial charge on any atom is 0.137 e. The minimum Gasteiger partial charge on any atom is -0.382 e. The molecule has 0 heterocycles. The molecule has 0 saturated heterocycles. The summed E-state index contributed by atoms with van der Waals surface area (Å²) < 4.78 is 5.13. The minimum atomic E-state index is 0.168. The van der Waals surface area contributed by atoms with Gasteiger partial charge in [-0.05, 0) is 30.9 Å². The second-order valence-electron chi connectivity index (χ2n) is 4.47. The molecular weight excluding hydrogens is 212 g/mol. The number of hydrogen-bond acceptors (Lipinski definition) is 2. The summed E-state index contributed by atoms with van der Waals surface area (Å²) in [7, 11) is 1.68. The molecule has 1 unspecified atom stereocenters. The molecule has 1 aromatic carbocycles. The number of ketones is 1. The SMILES string of the molecule is CCc1ccc(CC(=O)CCC(C)OC)cc1. The zero-order valence-electron chi connectivity index (χ0n) is 11.0. The van der Waals surface area contributed by atoms with Crippen LogP contribution in [0.25, 0.3) is 0 Å². The fourth-order valence-electron chi connectivity index (χ4n) is 1.69. The maximum absolute atomic E-state index is 11.7. The van der Waals surface area contributed by atoms with Crippen molar-refractivity contribution in [3.05, 3.63) is 35.4 Å². The molecule has 94 valence electrons. The fraction of sp³-hybridized carbons (Fsp3) is 0.533. The molecule has 1 atom stereocenters. The molecule has 0 bridgehead atoms. The van der Waals surface area contributed by atoms with Crippen LogP contribution < -0.4 is 0 Å². The van der Waals surface area contributed by atoms with Crippen LogP contribution in [-0.2, 0) is 22.4 Å². The van der Waals surface area contributed by atoms with Crippen molar-refractivity contribution < 1.29 is 9.53 Å². The Hall–Kier alpha value is -1.15. The summed E-state index contributed by atoms with van der Waals surface area (Å²) >= 11 is 0. The zero-order chi connectivity index (χ0) is 12.7. The number of rotatable bonds is 7. The van der Waals surface area contributed by atoms with Gasteiger partial charge in [0.15, 0.2) is 0 Å². The first-order valence-corrected chi connectivity index (χ1v) is 6.28. The fourth-order valence-corrected chi connectivity index (χ4v) is 1.69. The van der Waals surface area contributed by atoms with Gasteiger partial charge in [-0.1, -0.05) is 31.2 Å². The van der Waals surface area contributed by atoms with E-state index in [0.717, 1.165) is 18.4 Å². The van der Waals surface area contributed by atoms with Gasteiger partial charge >= 0.3 is 0 Å². The van der Waals surface area contributed by atoms with E-state index in [1.54, 1.807) is 7.11 Å². The summed E-state index contributed by atoms with van der Waals surface area (Å²) in [4.78, 5) is 11.7. The lowest BCUT2D eigenvalue weighted by Crippen LogP contribution is -2.10. The van der Waals surface area contributed by atoms with Crippen LogP contribution in [0.2, 0.25) is 0 Å². The number of benzene rings is 1. The summed E-state index contributed by atoms with van der Waals surface area (Å²) in [6.45, 7) is 4.12. The smallest absolute Gasteiger partial charge is 0.137 e. The van der Waals surface area contributed by atoms with Crippen molar-refractivity contribution >= 4 is 5.78 Å². The molecule has 0 amide bonds. The number of ether oxygens (including phenoxy) is 1. The van der Waals surface area contributed by atoms with Gasteiger partial charge in [0.2, 0.25) is 0 Å². The molecule has 1 rings (SSSR count). The number of hydrogen-bond donors (Lipinski definition) is 0. The Morgan fingerprint density at radius 2 is 1.82 bits per heavy atom. The zero-order valence-corrected chi connectivity index (χ0v) is 11.0. The van der Waals surface area contributed by atoms with E-state index in [0.29, 0.717) is 12.8 Å². The first-order valence-electron chi connectivity index (χ1n) is 6.28. The van der Waals surface area contributed by atoms with Crippen molar-refractivity contribution in [1.82, 2.24) is 0 Å². The van der Waals surface area contributed by atoms with Gasteiger partial charge in [0, 0.05) is 20.0 Å². The molecule has 0 aromatic heterocycles. The monoisotopic (exact) mass is 234 g/mol. The van der Waals surface area contributed by atoms with E-state index in [9.17, 15) is 4.79 Å². The van der Waals surface area contributed by atoms with Gasteiger partial charge in [0.25, 0.3) is 0 Å². The van der Waals surface area contributed by atoms with E-state index < -0.39 is 0 Å². The van der Waals surface area contributed by atoms with Crippen LogP contribution in [0.1, 0.15) is 37.8 Å². The first-order chi connectivity index (χ1) is 8.15. The highest BCUT2D eigenvalue weighted by molar-refractivity contribution is 5.80. The third kappa shape index (κ3) is 5.14. The summed E-state index contributed by atoms with van der Waals surface area (Å²) in [5, 5.41) is 0. The lowest BCUT2D eigenvalue weighted by atomic mass is 10.0. The van der Waals surface area contributed by atoms with Crippen molar-refractivity contribution in [3.8, 4) is 0 Å². The van der Waals surface area contributed by atoms with E-state index in [2.05, 4.69) is 31.2 Å². The van der Waals surface area contributed by atoms with Gasteiger partial charge in [-0.3, -0.25) is 4.79 Å². The third-order valence-corrected chi connectivity index (χ3v) is 3.06. The molecule has 0 aliphatic heterocycles. The predicted octanol–water partition coefficient (Wildman–Crippen LogP) is 3.18. The summed E-state index contributed by atoms with van der Waals surface area (Å²) in [6.07, 6.45) is 3.16.